The van der Waals surface area contributed by atoms with Crippen LogP contribution in [0.25, 0.3) is 0 Å². The minimum atomic E-state index is -0.184. The average Bonchev–Trinajstić information content (AvgIpc) is 3.08. The highest BCUT2D eigenvalue weighted by atomic mass is 16.2. The largest absolute Gasteiger partial charge is 0.374 e. The fourth-order valence-electron chi connectivity index (χ4n) is 1.76. The topological polar surface area (TPSA) is 41.1 Å². The normalized spacial score (nSPS) is 16.4. The van der Waals surface area contributed by atoms with Gasteiger partial charge in [0.2, 0.25) is 5.91 Å². The molecule has 2 N–H and O–H groups in total. The van der Waals surface area contributed by atoms with E-state index < -0.39 is 0 Å². The monoisotopic (exact) mass is 232 g/mol. The van der Waals surface area contributed by atoms with Crippen molar-refractivity contribution >= 4 is 11.6 Å². The molecule has 0 bridgehead atoms. The molecule has 1 atom stereocenters. The van der Waals surface area contributed by atoms with Gasteiger partial charge < -0.3 is 10.6 Å². The first-order chi connectivity index (χ1) is 8.08. The van der Waals surface area contributed by atoms with Gasteiger partial charge in [0.15, 0.2) is 0 Å². The van der Waals surface area contributed by atoms with E-state index in [9.17, 15) is 4.79 Å². The molecule has 1 fully saturated rings. The van der Waals surface area contributed by atoms with Crippen LogP contribution in [0.4, 0.5) is 5.69 Å². The Morgan fingerprint density at radius 3 is 2.71 bits per heavy atom. The molecule has 0 saturated heterocycles. The van der Waals surface area contributed by atoms with Crippen molar-refractivity contribution in [1.82, 2.24) is 5.32 Å². The van der Waals surface area contributed by atoms with Gasteiger partial charge in [0, 0.05) is 11.7 Å². The van der Waals surface area contributed by atoms with E-state index >= 15 is 0 Å². The summed E-state index contributed by atoms with van der Waals surface area (Å²) < 4.78 is 0. The fourth-order valence-corrected chi connectivity index (χ4v) is 1.76. The lowest BCUT2D eigenvalue weighted by Gasteiger charge is -2.17. The van der Waals surface area contributed by atoms with Gasteiger partial charge in [-0.2, -0.15) is 0 Å². The van der Waals surface area contributed by atoms with Crippen LogP contribution >= 0.6 is 0 Å². The third-order valence-corrected chi connectivity index (χ3v) is 3.29. The Bertz CT molecular complexity index is 424. The highest BCUT2D eigenvalue weighted by molar-refractivity contribution is 5.85. The van der Waals surface area contributed by atoms with Crippen molar-refractivity contribution in [2.24, 2.45) is 0 Å². The maximum Gasteiger partial charge on any atom is 0.242 e. The molecule has 0 aromatic heterocycles. The van der Waals surface area contributed by atoms with Crippen molar-refractivity contribution in [2.75, 3.05) is 5.32 Å². The van der Waals surface area contributed by atoms with Gasteiger partial charge in [0.1, 0.15) is 6.04 Å². The van der Waals surface area contributed by atoms with Crippen LogP contribution < -0.4 is 10.6 Å². The Labute approximate surface area is 103 Å². The number of hydrogen-bond acceptors (Lipinski definition) is 2. The summed E-state index contributed by atoms with van der Waals surface area (Å²) in [6.07, 6.45) is 2.25. The van der Waals surface area contributed by atoms with Crippen LogP contribution in [-0.4, -0.2) is 18.0 Å². The highest BCUT2D eigenvalue weighted by Crippen LogP contribution is 2.20. The van der Waals surface area contributed by atoms with E-state index in [1.807, 2.05) is 19.1 Å². The van der Waals surface area contributed by atoms with Crippen LogP contribution in [0.5, 0.6) is 0 Å². The van der Waals surface area contributed by atoms with Gasteiger partial charge in [0.25, 0.3) is 0 Å². The Morgan fingerprint density at radius 2 is 2.06 bits per heavy atom. The zero-order valence-electron chi connectivity index (χ0n) is 10.7. The molecule has 0 spiro atoms. The summed E-state index contributed by atoms with van der Waals surface area (Å²) in [5.74, 6) is 0.0911. The number of nitrogens with one attached hydrogen (secondary N) is 2. The molecule has 1 aliphatic rings. The first kappa shape index (κ1) is 12.0. The first-order valence-electron chi connectivity index (χ1n) is 6.21. The lowest BCUT2D eigenvalue weighted by Crippen LogP contribution is -2.38. The smallest absolute Gasteiger partial charge is 0.242 e. The second-order valence-corrected chi connectivity index (χ2v) is 4.90. The Balaban J connectivity index is 1.99. The average molecular weight is 232 g/mol. The SMILES string of the molecule is Cc1cccc(NC(C)C(=O)NC2CC2)c1C. The fraction of sp³-hybridized carbons (Fsp3) is 0.500. The van der Waals surface area contributed by atoms with E-state index in [0.717, 1.165) is 18.5 Å². The molecule has 1 unspecified atom stereocenters. The standard InChI is InChI=1S/C14H20N2O/c1-9-5-4-6-13(10(9)2)15-11(3)14(17)16-12-7-8-12/h4-6,11-12,15H,7-8H2,1-3H3,(H,16,17). The highest BCUT2D eigenvalue weighted by Gasteiger charge is 2.25. The number of hydrogen-bond donors (Lipinski definition) is 2. The van der Waals surface area contributed by atoms with Gasteiger partial charge in [-0.25, -0.2) is 0 Å². The first-order valence-corrected chi connectivity index (χ1v) is 6.21. The van der Waals surface area contributed by atoms with E-state index in [-0.39, 0.29) is 11.9 Å². The number of carbonyl (C=O) groups is 1. The molecular formula is C14H20N2O. The molecule has 17 heavy (non-hydrogen) atoms. The van der Waals surface area contributed by atoms with Crippen molar-refractivity contribution in [2.45, 2.75) is 45.7 Å². The van der Waals surface area contributed by atoms with Crippen LogP contribution in [0.2, 0.25) is 0 Å². The molecule has 1 aromatic rings. The van der Waals surface area contributed by atoms with E-state index in [0.29, 0.717) is 6.04 Å². The van der Waals surface area contributed by atoms with Crippen LogP contribution in [0.3, 0.4) is 0 Å². The number of carbonyl (C=O) groups excluding carboxylic acids is 1. The second kappa shape index (κ2) is 4.78. The predicted octanol–water partition coefficient (Wildman–Crippen LogP) is 2.38. The quantitative estimate of drug-likeness (QED) is 0.837. The zero-order chi connectivity index (χ0) is 12.4. The summed E-state index contributed by atoms with van der Waals surface area (Å²) >= 11 is 0. The molecule has 3 heteroatoms. The van der Waals surface area contributed by atoms with Crippen LogP contribution in [-0.2, 0) is 4.79 Å². The minimum Gasteiger partial charge on any atom is -0.374 e. The van der Waals surface area contributed by atoms with Crippen molar-refractivity contribution in [3.8, 4) is 0 Å². The Kier molecular flexibility index (Phi) is 3.36. The van der Waals surface area contributed by atoms with Crippen molar-refractivity contribution < 1.29 is 4.79 Å². The van der Waals surface area contributed by atoms with E-state index in [4.69, 9.17) is 0 Å². The molecule has 2 rings (SSSR count). The molecule has 0 heterocycles. The van der Waals surface area contributed by atoms with Gasteiger partial charge in [-0.1, -0.05) is 12.1 Å². The summed E-state index contributed by atoms with van der Waals surface area (Å²) in [6, 6.07) is 6.34. The summed E-state index contributed by atoms with van der Waals surface area (Å²) in [4.78, 5) is 11.8. The summed E-state index contributed by atoms with van der Waals surface area (Å²) in [5.41, 5.74) is 3.49. The molecule has 1 aromatic carbocycles. The molecule has 0 aliphatic heterocycles. The van der Waals surface area contributed by atoms with Crippen molar-refractivity contribution in [3.05, 3.63) is 29.3 Å². The molecule has 1 saturated carbocycles. The van der Waals surface area contributed by atoms with Gasteiger partial charge in [-0.3, -0.25) is 4.79 Å². The van der Waals surface area contributed by atoms with Crippen LogP contribution in [0.15, 0.2) is 18.2 Å². The van der Waals surface area contributed by atoms with Crippen LogP contribution in [0, 0.1) is 13.8 Å². The summed E-state index contributed by atoms with van der Waals surface area (Å²) in [7, 11) is 0. The van der Waals surface area contributed by atoms with Gasteiger partial charge >= 0.3 is 0 Å². The van der Waals surface area contributed by atoms with E-state index in [1.165, 1.54) is 11.1 Å². The third-order valence-electron chi connectivity index (χ3n) is 3.29. The number of benzene rings is 1. The lowest BCUT2D eigenvalue weighted by molar-refractivity contribution is -0.121. The molecule has 92 valence electrons. The van der Waals surface area contributed by atoms with Gasteiger partial charge in [0.05, 0.1) is 0 Å². The maximum absolute atomic E-state index is 11.8. The number of rotatable bonds is 4. The summed E-state index contributed by atoms with van der Waals surface area (Å²) in [5, 5.41) is 6.28. The maximum atomic E-state index is 11.8. The Morgan fingerprint density at radius 1 is 1.35 bits per heavy atom. The molecule has 3 nitrogen and oxygen atoms in total. The van der Waals surface area contributed by atoms with E-state index in [2.05, 4.69) is 30.5 Å². The van der Waals surface area contributed by atoms with Crippen LogP contribution in [0.1, 0.15) is 30.9 Å². The molecule has 1 amide bonds. The minimum absolute atomic E-state index is 0.0911. The second-order valence-electron chi connectivity index (χ2n) is 4.90. The van der Waals surface area contributed by atoms with E-state index in [1.54, 1.807) is 0 Å². The lowest BCUT2D eigenvalue weighted by atomic mass is 10.1. The Hall–Kier alpha value is -1.51. The predicted molar refractivity (Wildman–Crippen MR) is 70.2 cm³/mol. The zero-order valence-corrected chi connectivity index (χ0v) is 10.7. The van der Waals surface area contributed by atoms with Gasteiger partial charge in [-0.15, -0.1) is 0 Å². The molecule has 0 radical (unpaired) electrons. The van der Waals surface area contributed by atoms with Gasteiger partial charge in [-0.05, 0) is 50.8 Å². The number of aryl methyl sites for hydroxylation is 1. The number of anilines is 1. The summed E-state index contributed by atoms with van der Waals surface area (Å²) in [6.45, 7) is 6.05. The third kappa shape index (κ3) is 2.99. The number of amides is 1. The van der Waals surface area contributed by atoms with Crippen molar-refractivity contribution in [1.29, 1.82) is 0 Å². The van der Waals surface area contributed by atoms with Crippen molar-refractivity contribution in [3.63, 3.8) is 0 Å². The molecular weight excluding hydrogens is 212 g/mol. The molecule has 1 aliphatic carbocycles.